The van der Waals surface area contributed by atoms with E-state index in [4.69, 9.17) is 5.73 Å². The molecule has 0 radical (unpaired) electrons. The Hall–Kier alpha value is -1.42. The van der Waals surface area contributed by atoms with Crippen molar-refractivity contribution in [2.75, 3.05) is 19.6 Å². The monoisotopic (exact) mass is 219 g/mol. The van der Waals surface area contributed by atoms with Gasteiger partial charge in [-0.15, -0.1) is 0 Å². The Morgan fingerprint density at radius 3 is 2.81 bits per heavy atom. The quantitative estimate of drug-likeness (QED) is 0.798. The summed E-state index contributed by atoms with van der Waals surface area (Å²) in [7, 11) is 0. The van der Waals surface area contributed by atoms with Gasteiger partial charge in [-0.3, -0.25) is 9.78 Å². The molecule has 1 aromatic rings. The van der Waals surface area contributed by atoms with E-state index in [-0.39, 0.29) is 12.5 Å². The molecule has 1 aromatic heterocycles. The summed E-state index contributed by atoms with van der Waals surface area (Å²) in [6.45, 7) is 1.75. The zero-order chi connectivity index (χ0) is 11.4. The molecule has 1 aliphatic rings. The Kier molecular flexibility index (Phi) is 3.51. The number of rotatable bonds is 2. The molecule has 0 aliphatic carbocycles. The van der Waals surface area contributed by atoms with E-state index in [0.29, 0.717) is 5.92 Å². The average molecular weight is 219 g/mol. The summed E-state index contributed by atoms with van der Waals surface area (Å²) < 4.78 is 0. The number of piperidine rings is 1. The Balaban J connectivity index is 1.93. The molecule has 0 unspecified atom stereocenters. The molecule has 2 rings (SSSR count). The Labute approximate surface area is 95.5 Å². The van der Waals surface area contributed by atoms with Crippen LogP contribution in [0.15, 0.2) is 24.5 Å². The van der Waals surface area contributed by atoms with Crippen molar-refractivity contribution < 1.29 is 4.79 Å². The maximum absolute atomic E-state index is 11.4. The van der Waals surface area contributed by atoms with E-state index >= 15 is 0 Å². The Morgan fingerprint density at radius 1 is 1.50 bits per heavy atom. The van der Waals surface area contributed by atoms with E-state index in [2.05, 4.69) is 11.1 Å². The van der Waals surface area contributed by atoms with Crippen molar-refractivity contribution in [2.24, 2.45) is 5.73 Å². The molecule has 0 saturated carbocycles. The van der Waals surface area contributed by atoms with Crippen LogP contribution in [-0.2, 0) is 4.79 Å². The third-order valence-electron chi connectivity index (χ3n) is 3.18. The minimum Gasteiger partial charge on any atom is -0.342 e. The van der Waals surface area contributed by atoms with E-state index in [1.807, 2.05) is 17.2 Å². The number of pyridine rings is 1. The minimum absolute atomic E-state index is 0.0598. The topological polar surface area (TPSA) is 59.2 Å². The van der Waals surface area contributed by atoms with Gasteiger partial charge in [-0.2, -0.15) is 0 Å². The smallest absolute Gasteiger partial charge is 0.236 e. The molecule has 0 bridgehead atoms. The molecule has 86 valence electrons. The van der Waals surface area contributed by atoms with Crippen LogP contribution in [0.25, 0.3) is 0 Å². The summed E-state index contributed by atoms with van der Waals surface area (Å²) in [5.41, 5.74) is 6.63. The van der Waals surface area contributed by atoms with Crippen LogP contribution in [0, 0.1) is 0 Å². The van der Waals surface area contributed by atoms with Gasteiger partial charge in [0.2, 0.25) is 5.91 Å². The first kappa shape index (κ1) is 11.1. The number of aromatic nitrogens is 1. The van der Waals surface area contributed by atoms with Crippen LogP contribution in [-0.4, -0.2) is 35.4 Å². The Morgan fingerprint density at radius 2 is 2.25 bits per heavy atom. The maximum Gasteiger partial charge on any atom is 0.236 e. The molecular weight excluding hydrogens is 202 g/mol. The van der Waals surface area contributed by atoms with Gasteiger partial charge in [0.25, 0.3) is 0 Å². The number of nitrogens with zero attached hydrogens (tertiary/aromatic N) is 2. The van der Waals surface area contributed by atoms with Crippen molar-refractivity contribution in [3.05, 3.63) is 30.1 Å². The van der Waals surface area contributed by atoms with E-state index in [9.17, 15) is 4.79 Å². The van der Waals surface area contributed by atoms with Crippen LogP contribution in [0.1, 0.15) is 24.3 Å². The number of hydrogen-bond acceptors (Lipinski definition) is 3. The lowest BCUT2D eigenvalue weighted by Gasteiger charge is -2.31. The fourth-order valence-corrected chi connectivity index (χ4v) is 2.21. The van der Waals surface area contributed by atoms with Gasteiger partial charge in [-0.1, -0.05) is 6.07 Å². The lowest BCUT2D eigenvalue weighted by Crippen LogP contribution is -2.41. The molecule has 2 N–H and O–H groups in total. The molecule has 1 amide bonds. The lowest BCUT2D eigenvalue weighted by molar-refractivity contribution is -0.130. The van der Waals surface area contributed by atoms with Gasteiger partial charge in [0, 0.05) is 25.5 Å². The molecule has 0 atom stereocenters. The maximum atomic E-state index is 11.4. The van der Waals surface area contributed by atoms with Crippen molar-refractivity contribution in [3.8, 4) is 0 Å². The van der Waals surface area contributed by atoms with Gasteiger partial charge < -0.3 is 10.6 Å². The number of amides is 1. The van der Waals surface area contributed by atoms with Crippen molar-refractivity contribution >= 4 is 5.91 Å². The Bertz CT molecular complexity index is 345. The number of likely N-dealkylation sites (tertiary alicyclic amines) is 1. The van der Waals surface area contributed by atoms with Gasteiger partial charge in [0.1, 0.15) is 0 Å². The largest absolute Gasteiger partial charge is 0.342 e. The van der Waals surface area contributed by atoms with E-state index in [1.54, 1.807) is 6.20 Å². The minimum atomic E-state index is 0.0598. The highest BCUT2D eigenvalue weighted by atomic mass is 16.2. The van der Waals surface area contributed by atoms with Gasteiger partial charge in [0.05, 0.1) is 6.54 Å². The van der Waals surface area contributed by atoms with Crippen LogP contribution in [0.4, 0.5) is 0 Å². The summed E-state index contributed by atoms with van der Waals surface area (Å²) in [5, 5.41) is 0. The van der Waals surface area contributed by atoms with Gasteiger partial charge in [0.15, 0.2) is 0 Å². The second-order valence-corrected chi connectivity index (χ2v) is 4.15. The number of carbonyl (C=O) groups excluding carboxylic acids is 1. The van der Waals surface area contributed by atoms with Gasteiger partial charge in [-0.05, 0) is 30.4 Å². The average Bonchev–Trinajstić information content (AvgIpc) is 2.39. The summed E-state index contributed by atoms with van der Waals surface area (Å²) in [4.78, 5) is 17.4. The standard InChI is InChI=1S/C12H17N3O/c13-8-12(16)15-6-3-10(4-7-15)11-2-1-5-14-9-11/h1-2,5,9-10H,3-4,6-8,13H2. The summed E-state index contributed by atoms with van der Waals surface area (Å²) in [5.74, 6) is 0.597. The van der Waals surface area contributed by atoms with Crippen LogP contribution < -0.4 is 5.73 Å². The fraction of sp³-hybridized carbons (Fsp3) is 0.500. The zero-order valence-corrected chi connectivity index (χ0v) is 9.30. The molecule has 4 heteroatoms. The van der Waals surface area contributed by atoms with Crippen molar-refractivity contribution in [1.29, 1.82) is 0 Å². The predicted octanol–water partition coefficient (Wildman–Crippen LogP) is 0.746. The number of carbonyl (C=O) groups is 1. The first-order valence-electron chi connectivity index (χ1n) is 5.69. The fourth-order valence-electron chi connectivity index (χ4n) is 2.21. The third kappa shape index (κ3) is 2.39. The molecule has 1 saturated heterocycles. The molecule has 2 heterocycles. The highest BCUT2D eigenvalue weighted by Crippen LogP contribution is 2.27. The highest BCUT2D eigenvalue weighted by Gasteiger charge is 2.22. The van der Waals surface area contributed by atoms with Crippen molar-refractivity contribution in [1.82, 2.24) is 9.88 Å². The normalized spacial score (nSPS) is 17.4. The predicted molar refractivity (Wildman–Crippen MR) is 61.8 cm³/mol. The lowest BCUT2D eigenvalue weighted by atomic mass is 9.90. The molecule has 1 aliphatic heterocycles. The molecule has 1 fully saturated rings. The molecule has 0 aromatic carbocycles. The van der Waals surface area contributed by atoms with Gasteiger partial charge in [-0.25, -0.2) is 0 Å². The van der Waals surface area contributed by atoms with E-state index < -0.39 is 0 Å². The van der Waals surface area contributed by atoms with Crippen LogP contribution in [0.3, 0.4) is 0 Å². The number of nitrogens with two attached hydrogens (primary N) is 1. The SMILES string of the molecule is NCC(=O)N1CCC(c2cccnc2)CC1. The van der Waals surface area contributed by atoms with Crippen molar-refractivity contribution in [2.45, 2.75) is 18.8 Å². The number of hydrogen-bond donors (Lipinski definition) is 1. The van der Waals surface area contributed by atoms with Crippen LogP contribution in [0.5, 0.6) is 0 Å². The first-order valence-corrected chi connectivity index (χ1v) is 5.69. The van der Waals surface area contributed by atoms with Crippen LogP contribution in [0.2, 0.25) is 0 Å². The first-order chi connectivity index (χ1) is 7.81. The second-order valence-electron chi connectivity index (χ2n) is 4.15. The molecule has 4 nitrogen and oxygen atoms in total. The van der Waals surface area contributed by atoms with Gasteiger partial charge >= 0.3 is 0 Å². The summed E-state index contributed by atoms with van der Waals surface area (Å²) >= 11 is 0. The molecule has 16 heavy (non-hydrogen) atoms. The molecule has 0 spiro atoms. The van der Waals surface area contributed by atoms with E-state index in [0.717, 1.165) is 25.9 Å². The second kappa shape index (κ2) is 5.07. The van der Waals surface area contributed by atoms with Crippen LogP contribution >= 0.6 is 0 Å². The summed E-state index contributed by atoms with van der Waals surface area (Å²) in [6.07, 6.45) is 5.73. The third-order valence-corrected chi connectivity index (χ3v) is 3.18. The summed E-state index contributed by atoms with van der Waals surface area (Å²) in [6, 6.07) is 4.07. The van der Waals surface area contributed by atoms with E-state index in [1.165, 1.54) is 5.56 Å². The highest BCUT2D eigenvalue weighted by molar-refractivity contribution is 5.78. The zero-order valence-electron chi connectivity index (χ0n) is 9.30. The van der Waals surface area contributed by atoms with Crippen molar-refractivity contribution in [3.63, 3.8) is 0 Å². The molecular formula is C12H17N3O.